The van der Waals surface area contributed by atoms with E-state index in [9.17, 15) is 9.59 Å². The summed E-state index contributed by atoms with van der Waals surface area (Å²) >= 11 is 0. The van der Waals surface area contributed by atoms with Gasteiger partial charge in [-0.2, -0.15) is 0 Å². The average Bonchev–Trinajstić information content (AvgIpc) is 2.76. The summed E-state index contributed by atoms with van der Waals surface area (Å²) in [4.78, 5) is 22.1. The van der Waals surface area contributed by atoms with Gasteiger partial charge in [0.15, 0.2) is 5.69 Å². The molecule has 0 saturated heterocycles. The lowest BCUT2D eigenvalue weighted by molar-refractivity contribution is -0.121. The number of hydrogen-bond donors (Lipinski definition) is 2. The van der Waals surface area contributed by atoms with Gasteiger partial charge in [-0.15, -0.1) is 5.10 Å². The molecule has 0 atom stereocenters. The summed E-state index contributed by atoms with van der Waals surface area (Å²) in [7, 11) is 0. The zero-order valence-corrected chi connectivity index (χ0v) is 11.3. The van der Waals surface area contributed by atoms with Crippen molar-refractivity contribution in [2.75, 3.05) is 6.54 Å². The molecule has 106 valence electrons. The minimum absolute atomic E-state index is 0.00946. The van der Waals surface area contributed by atoms with Gasteiger partial charge in [-0.1, -0.05) is 31.9 Å². The van der Waals surface area contributed by atoms with Gasteiger partial charge in [0.2, 0.25) is 5.91 Å². The van der Waals surface area contributed by atoms with Gasteiger partial charge in [0.1, 0.15) is 6.54 Å². The van der Waals surface area contributed by atoms with Crippen LogP contribution in [0.15, 0.2) is 6.20 Å². The van der Waals surface area contributed by atoms with E-state index in [4.69, 9.17) is 5.11 Å². The molecule has 7 nitrogen and oxygen atoms in total. The van der Waals surface area contributed by atoms with Crippen molar-refractivity contribution in [1.82, 2.24) is 20.3 Å². The van der Waals surface area contributed by atoms with E-state index in [1.54, 1.807) is 0 Å². The number of nitrogens with zero attached hydrogens (tertiary/aromatic N) is 3. The number of carboxylic acids is 1. The molecule has 0 saturated carbocycles. The van der Waals surface area contributed by atoms with Gasteiger partial charge in [-0.25, -0.2) is 9.48 Å². The van der Waals surface area contributed by atoms with Gasteiger partial charge in [0.05, 0.1) is 6.20 Å². The van der Waals surface area contributed by atoms with Crippen LogP contribution in [0.2, 0.25) is 0 Å². The third-order valence-electron chi connectivity index (χ3n) is 2.59. The molecule has 0 fully saturated rings. The molecule has 7 heteroatoms. The molecular formula is C12H20N4O3. The van der Waals surface area contributed by atoms with Crippen LogP contribution >= 0.6 is 0 Å². The standard InChI is InChI=1S/C12H20N4O3/c1-9(2)5-3-4-6-13-11(17)8-16-7-10(12(18)19)14-15-16/h7,9H,3-6,8H2,1-2H3,(H,13,17)(H,18,19). The lowest BCUT2D eigenvalue weighted by Crippen LogP contribution is -2.28. The zero-order valence-electron chi connectivity index (χ0n) is 11.3. The van der Waals surface area contributed by atoms with Crippen molar-refractivity contribution >= 4 is 11.9 Å². The van der Waals surface area contributed by atoms with E-state index < -0.39 is 5.97 Å². The first-order chi connectivity index (χ1) is 8.99. The lowest BCUT2D eigenvalue weighted by Gasteiger charge is -2.06. The Morgan fingerprint density at radius 3 is 2.74 bits per heavy atom. The first-order valence-electron chi connectivity index (χ1n) is 6.39. The molecule has 0 spiro atoms. The van der Waals surface area contributed by atoms with Crippen LogP contribution < -0.4 is 5.32 Å². The Kier molecular flexibility index (Phi) is 5.98. The summed E-state index contributed by atoms with van der Waals surface area (Å²) in [5, 5.41) is 18.4. The lowest BCUT2D eigenvalue weighted by atomic mass is 10.1. The SMILES string of the molecule is CC(C)CCCCNC(=O)Cn1cc(C(=O)O)nn1. The van der Waals surface area contributed by atoms with E-state index in [0.29, 0.717) is 12.5 Å². The van der Waals surface area contributed by atoms with Gasteiger partial charge in [-0.05, 0) is 12.3 Å². The van der Waals surface area contributed by atoms with Crippen molar-refractivity contribution in [3.63, 3.8) is 0 Å². The maximum absolute atomic E-state index is 11.5. The van der Waals surface area contributed by atoms with Crippen molar-refractivity contribution in [2.24, 2.45) is 5.92 Å². The fourth-order valence-corrected chi connectivity index (χ4v) is 1.58. The Balaban J connectivity index is 2.21. The third-order valence-corrected chi connectivity index (χ3v) is 2.59. The Morgan fingerprint density at radius 1 is 1.42 bits per heavy atom. The maximum Gasteiger partial charge on any atom is 0.358 e. The highest BCUT2D eigenvalue weighted by Gasteiger charge is 2.10. The highest BCUT2D eigenvalue weighted by atomic mass is 16.4. The number of nitrogens with one attached hydrogen (secondary N) is 1. The van der Waals surface area contributed by atoms with E-state index in [2.05, 4.69) is 29.5 Å². The van der Waals surface area contributed by atoms with Crippen LogP contribution in [0.4, 0.5) is 0 Å². The summed E-state index contributed by atoms with van der Waals surface area (Å²) in [6, 6.07) is 0. The van der Waals surface area contributed by atoms with Crippen LogP contribution in [0.25, 0.3) is 0 Å². The Labute approximate surface area is 112 Å². The number of carbonyl (C=O) groups excluding carboxylic acids is 1. The number of unbranched alkanes of at least 4 members (excludes halogenated alkanes) is 1. The largest absolute Gasteiger partial charge is 0.476 e. The van der Waals surface area contributed by atoms with Gasteiger partial charge < -0.3 is 10.4 Å². The molecule has 2 N–H and O–H groups in total. The number of hydrogen-bond acceptors (Lipinski definition) is 4. The minimum atomic E-state index is -1.15. The second-order valence-corrected chi connectivity index (χ2v) is 4.85. The highest BCUT2D eigenvalue weighted by Crippen LogP contribution is 2.05. The fraction of sp³-hybridized carbons (Fsp3) is 0.667. The number of carboxylic acid groups (broad SMARTS) is 1. The summed E-state index contributed by atoms with van der Waals surface area (Å²) in [5.41, 5.74) is -0.162. The molecule has 19 heavy (non-hydrogen) atoms. The molecule has 0 unspecified atom stereocenters. The Bertz CT molecular complexity index is 428. The van der Waals surface area contributed by atoms with E-state index >= 15 is 0 Å². The number of rotatable bonds is 8. The van der Waals surface area contributed by atoms with Gasteiger partial charge in [0, 0.05) is 6.54 Å². The smallest absolute Gasteiger partial charge is 0.358 e. The maximum atomic E-state index is 11.5. The summed E-state index contributed by atoms with van der Waals surface area (Å²) < 4.78 is 1.22. The highest BCUT2D eigenvalue weighted by molar-refractivity contribution is 5.84. The topological polar surface area (TPSA) is 97.1 Å². The number of amides is 1. The molecule has 1 amide bonds. The van der Waals surface area contributed by atoms with E-state index in [0.717, 1.165) is 19.3 Å². The quantitative estimate of drug-likeness (QED) is 0.683. The number of carbonyl (C=O) groups is 2. The van der Waals surface area contributed by atoms with Gasteiger partial charge >= 0.3 is 5.97 Å². The van der Waals surface area contributed by atoms with Crippen molar-refractivity contribution in [3.05, 3.63) is 11.9 Å². The zero-order chi connectivity index (χ0) is 14.3. The monoisotopic (exact) mass is 268 g/mol. The predicted molar refractivity (Wildman–Crippen MR) is 68.7 cm³/mol. The van der Waals surface area contributed by atoms with Crippen LogP contribution in [0.1, 0.15) is 43.6 Å². The molecule has 0 aliphatic rings. The van der Waals surface area contributed by atoms with Crippen molar-refractivity contribution in [1.29, 1.82) is 0 Å². The summed E-state index contributed by atoms with van der Waals surface area (Å²) in [5.74, 6) is -0.660. The molecule has 0 aliphatic carbocycles. The van der Waals surface area contributed by atoms with Gasteiger partial charge in [0.25, 0.3) is 0 Å². The molecule has 0 bridgehead atoms. The van der Waals surface area contributed by atoms with Crippen molar-refractivity contribution < 1.29 is 14.7 Å². The molecule has 1 aromatic rings. The normalized spacial score (nSPS) is 10.7. The summed E-state index contributed by atoms with van der Waals surface area (Å²) in [6.45, 7) is 4.96. The minimum Gasteiger partial charge on any atom is -0.476 e. The van der Waals surface area contributed by atoms with Crippen LogP contribution in [-0.2, 0) is 11.3 Å². The van der Waals surface area contributed by atoms with Crippen LogP contribution in [0, 0.1) is 5.92 Å². The summed E-state index contributed by atoms with van der Waals surface area (Å²) in [6.07, 6.45) is 4.42. The van der Waals surface area contributed by atoms with E-state index in [-0.39, 0.29) is 18.1 Å². The second-order valence-electron chi connectivity index (χ2n) is 4.85. The third kappa shape index (κ3) is 5.98. The Morgan fingerprint density at radius 2 is 2.16 bits per heavy atom. The van der Waals surface area contributed by atoms with E-state index in [1.807, 2.05) is 0 Å². The molecule has 1 heterocycles. The number of aromatic nitrogens is 3. The second kappa shape index (κ2) is 7.50. The Hall–Kier alpha value is -1.92. The molecule has 0 aromatic carbocycles. The van der Waals surface area contributed by atoms with Crippen molar-refractivity contribution in [3.8, 4) is 0 Å². The van der Waals surface area contributed by atoms with E-state index in [1.165, 1.54) is 10.9 Å². The molecule has 1 aromatic heterocycles. The van der Waals surface area contributed by atoms with Crippen LogP contribution in [0.3, 0.4) is 0 Å². The molecule has 1 rings (SSSR count). The first kappa shape index (κ1) is 15.1. The molecular weight excluding hydrogens is 248 g/mol. The first-order valence-corrected chi connectivity index (χ1v) is 6.39. The van der Waals surface area contributed by atoms with Crippen molar-refractivity contribution in [2.45, 2.75) is 39.7 Å². The predicted octanol–water partition coefficient (Wildman–Crippen LogP) is 0.919. The number of aromatic carboxylic acids is 1. The molecule has 0 aliphatic heterocycles. The van der Waals surface area contributed by atoms with Gasteiger partial charge in [-0.3, -0.25) is 4.79 Å². The van der Waals surface area contributed by atoms with Crippen LogP contribution in [-0.4, -0.2) is 38.5 Å². The average molecular weight is 268 g/mol. The fourth-order valence-electron chi connectivity index (χ4n) is 1.58. The molecule has 0 radical (unpaired) electrons. The van der Waals surface area contributed by atoms with Crippen LogP contribution in [0.5, 0.6) is 0 Å².